The van der Waals surface area contributed by atoms with Gasteiger partial charge < -0.3 is 19.9 Å². The smallest absolute Gasteiger partial charge is 0.183 e. The van der Waals surface area contributed by atoms with Gasteiger partial charge in [0.25, 0.3) is 0 Å². The van der Waals surface area contributed by atoms with Gasteiger partial charge in [-0.2, -0.15) is 0 Å². The van der Waals surface area contributed by atoms with E-state index in [1.165, 1.54) is 13.2 Å². The molecule has 0 atom stereocenters. The van der Waals surface area contributed by atoms with Gasteiger partial charge in [-0.15, -0.1) is 0 Å². The van der Waals surface area contributed by atoms with Gasteiger partial charge in [0.2, 0.25) is 0 Å². The molecule has 92 valence electrons. The fraction of sp³-hybridized carbons (Fsp3) is 0.364. The quantitative estimate of drug-likeness (QED) is 0.790. The molecule has 1 heterocycles. The van der Waals surface area contributed by atoms with Crippen LogP contribution in [0.25, 0.3) is 0 Å². The molecule has 1 aliphatic rings. The number of hydrogen-bond donors (Lipinski definition) is 1. The molecular weight excluding hydrogens is 229 g/mol. The fourth-order valence-electron chi connectivity index (χ4n) is 1.64. The third-order valence-corrected chi connectivity index (χ3v) is 2.42. The molecule has 0 bridgehead atoms. The first-order valence-corrected chi connectivity index (χ1v) is 5.08. The van der Waals surface area contributed by atoms with Crippen molar-refractivity contribution in [3.63, 3.8) is 0 Å². The minimum Gasteiger partial charge on any atom is -0.494 e. The van der Waals surface area contributed by atoms with Crippen molar-refractivity contribution in [2.24, 2.45) is 5.73 Å². The first kappa shape index (κ1) is 11.7. The van der Waals surface area contributed by atoms with Crippen LogP contribution in [0.2, 0.25) is 0 Å². The number of ketones is 1. The van der Waals surface area contributed by atoms with E-state index in [-0.39, 0.29) is 30.2 Å². The number of nitrogens with two attached hydrogens (primary N) is 1. The largest absolute Gasteiger partial charge is 0.494 e. The summed E-state index contributed by atoms with van der Waals surface area (Å²) in [7, 11) is 1.31. The predicted octanol–water partition coefficient (Wildman–Crippen LogP) is 0.747. The number of ether oxygens (including phenoxy) is 3. The Morgan fingerprint density at radius 1 is 1.53 bits per heavy atom. The van der Waals surface area contributed by atoms with Crippen molar-refractivity contribution >= 4 is 5.78 Å². The molecule has 0 aromatic heterocycles. The lowest BCUT2D eigenvalue weighted by atomic mass is 10.1. The highest BCUT2D eigenvalue weighted by atomic mass is 19.1. The third kappa shape index (κ3) is 1.91. The van der Waals surface area contributed by atoms with Gasteiger partial charge in [0.1, 0.15) is 18.8 Å². The Hall–Kier alpha value is -1.82. The molecule has 1 aromatic carbocycles. The Morgan fingerprint density at radius 3 is 2.88 bits per heavy atom. The van der Waals surface area contributed by atoms with Gasteiger partial charge in [-0.3, -0.25) is 4.79 Å². The van der Waals surface area contributed by atoms with Gasteiger partial charge in [0.15, 0.2) is 28.8 Å². The van der Waals surface area contributed by atoms with Crippen molar-refractivity contribution < 1.29 is 23.4 Å². The van der Waals surface area contributed by atoms with Crippen LogP contribution >= 0.6 is 0 Å². The van der Waals surface area contributed by atoms with Crippen molar-refractivity contribution in [1.29, 1.82) is 0 Å². The normalized spacial score (nSPS) is 13.4. The Kier molecular flexibility index (Phi) is 3.14. The van der Waals surface area contributed by atoms with Crippen LogP contribution in [-0.4, -0.2) is 32.7 Å². The summed E-state index contributed by atoms with van der Waals surface area (Å²) in [4.78, 5) is 11.6. The maximum absolute atomic E-state index is 14.0. The van der Waals surface area contributed by atoms with Crippen LogP contribution in [0.3, 0.4) is 0 Å². The number of halogens is 1. The summed E-state index contributed by atoms with van der Waals surface area (Å²) in [6.07, 6.45) is 0. The molecule has 0 unspecified atom stereocenters. The maximum Gasteiger partial charge on any atom is 0.183 e. The summed E-state index contributed by atoms with van der Waals surface area (Å²) in [5.41, 5.74) is 5.04. The van der Waals surface area contributed by atoms with Crippen molar-refractivity contribution in [2.75, 3.05) is 26.9 Å². The van der Waals surface area contributed by atoms with Crippen LogP contribution in [-0.2, 0) is 0 Å². The van der Waals surface area contributed by atoms with Gasteiger partial charge in [0, 0.05) is 6.07 Å². The molecule has 0 fully saturated rings. The zero-order valence-electron chi connectivity index (χ0n) is 9.29. The minimum atomic E-state index is -0.771. The lowest BCUT2D eigenvalue weighted by Crippen LogP contribution is -2.22. The van der Waals surface area contributed by atoms with Gasteiger partial charge in [0.05, 0.1) is 13.7 Å². The first-order valence-electron chi connectivity index (χ1n) is 5.08. The molecule has 2 rings (SSSR count). The number of carbonyl (C=O) groups is 1. The zero-order chi connectivity index (χ0) is 12.4. The third-order valence-electron chi connectivity index (χ3n) is 2.42. The molecule has 0 amide bonds. The molecule has 0 saturated heterocycles. The molecule has 0 aliphatic carbocycles. The summed E-state index contributed by atoms with van der Waals surface area (Å²) in [6.45, 7) is 0.307. The first-order chi connectivity index (χ1) is 8.19. The second kappa shape index (κ2) is 4.58. The molecule has 6 heteroatoms. The standard InChI is InChI=1S/C11H12FNO4/c1-15-7-4-8-11(17-3-2-16-8)9(10(7)12)6(14)5-13/h4H,2-3,5,13H2,1H3. The van der Waals surface area contributed by atoms with Gasteiger partial charge in [-0.1, -0.05) is 0 Å². The van der Waals surface area contributed by atoms with Crippen molar-refractivity contribution in [2.45, 2.75) is 0 Å². The lowest BCUT2D eigenvalue weighted by molar-refractivity contribution is 0.0983. The molecular formula is C11H12FNO4. The van der Waals surface area contributed by atoms with E-state index in [2.05, 4.69) is 0 Å². The molecule has 0 saturated carbocycles. The van der Waals surface area contributed by atoms with E-state index in [0.717, 1.165) is 0 Å². The highest BCUT2D eigenvalue weighted by Crippen LogP contribution is 2.40. The second-order valence-electron chi connectivity index (χ2n) is 3.42. The summed E-state index contributed by atoms with van der Waals surface area (Å²) in [5.74, 6) is -0.988. The molecule has 1 aliphatic heterocycles. The highest BCUT2D eigenvalue weighted by molar-refractivity contribution is 6.01. The number of carbonyl (C=O) groups excluding carboxylic acids is 1. The van der Waals surface area contributed by atoms with E-state index in [9.17, 15) is 9.18 Å². The van der Waals surface area contributed by atoms with Crippen LogP contribution in [0.1, 0.15) is 10.4 Å². The SMILES string of the molecule is COc1cc2c(c(C(=O)CN)c1F)OCCO2. The second-order valence-corrected chi connectivity index (χ2v) is 3.42. The van der Waals surface area contributed by atoms with Gasteiger partial charge >= 0.3 is 0 Å². The summed E-state index contributed by atoms with van der Waals surface area (Å²) >= 11 is 0. The Bertz CT molecular complexity index is 461. The molecule has 17 heavy (non-hydrogen) atoms. The molecule has 0 radical (unpaired) electrons. The highest BCUT2D eigenvalue weighted by Gasteiger charge is 2.27. The van der Waals surface area contributed by atoms with Crippen LogP contribution in [0.4, 0.5) is 4.39 Å². The Balaban J connectivity index is 2.63. The topological polar surface area (TPSA) is 70.8 Å². The van der Waals surface area contributed by atoms with Gasteiger partial charge in [-0.05, 0) is 0 Å². The van der Waals surface area contributed by atoms with Crippen molar-refractivity contribution in [3.8, 4) is 17.2 Å². The van der Waals surface area contributed by atoms with Crippen LogP contribution in [0.5, 0.6) is 17.2 Å². The zero-order valence-corrected chi connectivity index (χ0v) is 9.29. The summed E-state index contributed by atoms with van der Waals surface area (Å²) < 4.78 is 29.4. The van der Waals surface area contributed by atoms with Crippen LogP contribution < -0.4 is 19.9 Å². The summed E-state index contributed by atoms with van der Waals surface area (Å²) in [5, 5.41) is 0. The molecule has 0 spiro atoms. The number of fused-ring (bicyclic) bond motifs is 1. The fourth-order valence-corrected chi connectivity index (χ4v) is 1.64. The number of benzene rings is 1. The predicted molar refractivity (Wildman–Crippen MR) is 57.3 cm³/mol. The van der Waals surface area contributed by atoms with E-state index in [0.29, 0.717) is 12.4 Å². The number of hydrogen-bond acceptors (Lipinski definition) is 5. The van der Waals surface area contributed by atoms with E-state index in [4.69, 9.17) is 19.9 Å². The summed E-state index contributed by atoms with van der Waals surface area (Å²) in [6, 6.07) is 1.36. The Labute approximate surface area is 97.3 Å². The van der Waals surface area contributed by atoms with E-state index in [1.807, 2.05) is 0 Å². The Morgan fingerprint density at radius 2 is 2.24 bits per heavy atom. The number of methoxy groups -OCH3 is 1. The monoisotopic (exact) mass is 241 g/mol. The van der Waals surface area contributed by atoms with E-state index < -0.39 is 11.6 Å². The lowest BCUT2D eigenvalue weighted by Gasteiger charge is -2.22. The number of rotatable bonds is 3. The van der Waals surface area contributed by atoms with Crippen molar-refractivity contribution in [3.05, 3.63) is 17.4 Å². The average Bonchev–Trinajstić information content (AvgIpc) is 2.37. The number of Topliss-reactive ketones (excluding diaryl/α,β-unsaturated/α-hetero) is 1. The molecule has 1 aromatic rings. The van der Waals surface area contributed by atoms with Crippen LogP contribution in [0, 0.1) is 5.82 Å². The van der Waals surface area contributed by atoms with E-state index in [1.54, 1.807) is 0 Å². The van der Waals surface area contributed by atoms with E-state index >= 15 is 0 Å². The maximum atomic E-state index is 14.0. The minimum absolute atomic E-state index is 0.0638. The van der Waals surface area contributed by atoms with Crippen molar-refractivity contribution in [1.82, 2.24) is 0 Å². The molecule has 5 nitrogen and oxygen atoms in total. The molecule has 2 N–H and O–H groups in total. The van der Waals surface area contributed by atoms with Gasteiger partial charge in [-0.25, -0.2) is 4.39 Å². The average molecular weight is 241 g/mol. The van der Waals surface area contributed by atoms with Crippen LogP contribution in [0.15, 0.2) is 6.07 Å².